The topological polar surface area (TPSA) is 106 Å². The fraction of sp³-hybridized carbons (Fsp3) is 0.227. The fourth-order valence-electron chi connectivity index (χ4n) is 3.45. The van der Waals surface area contributed by atoms with Crippen molar-refractivity contribution in [3.63, 3.8) is 0 Å². The van der Waals surface area contributed by atoms with Crippen LogP contribution in [0.5, 0.6) is 0 Å². The number of carbonyl (C=O) groups is 1. The number of hydrogen-bond donors (Lipinski definition) is 4. The molecule has 0 bridgehead atoms. The minimum Gasteiger partial charge on any atom is -0.404 e. The number of nitrogens with one attached hydrogen (secondary N) is 3. The minimum absolute atomic E-state index is 0.0837. The Morgan fingerprint density at radius 1 is 1.18 bits per heavy atom. The molecule has 6 nitrogen and oxygen atoms in total. The maximum Gasteiger partial charge on any atom is 0.253 e. The van der Waals surface area contributed by atoms with E-state index in [9.17, 15) is 4.79 Å². The predicted molar refractivity (Wildman–Crippen MR) is 114 cm³/mol. The smallest absolute Gasteiger partial charge is 0.253 e. The Hall–Kier alpha value is -3.41. The number of anilines is 1. The van der Waals surface area contributed by atoms with Crippen molar-refractivity contribution >= 4 is 29.6 Å². The zero-order valence-corrected chi connectivity index (χ0v) is 15.7. The summed E-state index contributed by atoms with van der Waals surface area (Å²) in [6.07, 6.45) is 4.84. The van der Waals surface area contributed by atoms with Gasteiger partial charge in [-0.15, -0.1) is 0 Å². The van der Waals surface area contributed by atoms with Gasteiger partial charge in [-0.05, 0) is 42.2 Å². The lowest BCUT2D eigenvalue weighted by Gasteiger charge is -2.18. The number of likely N-dealkylation sites (tertiary alicyclic amines) is 1. The van der Waals surface area contributed by atoms with Crippen LogP contribution in [0.4, 0.5) is 5.69 Å². The Balaban J connectivity index is 1.61. The van der Waals surface area contributed by atoms with Gasteiger partial charge in [0.2, 0.25) is 0 Å². The van der Waals surface area contributed by atoms with Gasteiger partial charge in [0.15, 0.2) is 0 Å². The third kappa shape index (κ3) is 4.28. The van der Waals surface area contributed by atoms with E-state index in [4.69, 9.17) is 16.6 Å². The number of hydrogen-bond acceptors (Lipinski definition) is 5. The number of nitrogens with two attached hydrogens (primary N) is 1. The molecule has 1 saturated heterocycles. The van der Waals surface area contributed by atoms with Crippen LogP contribution in [0, 0.1) is 16.7 Å². The lowest BCUT2D eigenvalue weighted by molar-refractivity contribution is 0.0788. The quantitative estimate of drug-likeness (QED) is 0.558. The first-order valence-electron chi connectivity index (χ1n) is 9.31. The first-order chi connectivity index (χ1) is 13.7. The monoisotopic (exact) mass is 375 g/mol. The van der Waals surface area contributed by atoms with Crippen LogP contribution in [-0.4, -0.2) is 42.9 Å². The summed E-state index contributed by atoms with van der Waals surface area (Å²) in [6, 6.07) is 15.0. The third-order valence-electron chi connectivity index (χ3n) is 5.05. The molecule has 1 fully saturated rings. The van der Waals surface area contributed by atoms with E-state index in [0.717, 1.165) is 48.4 Å². The number of allylic oxidation sites excluding steroid dienone is 1. The predicted octanol–water partition coefficient (Wildman–Crippen LogP) is 3.21. The van der Waals surface area contributed by atoms with Crippen molar-refractivity contribution in [1.82, 2.24) is 4.90 Å². The van der Waals surface area contributed by atoms with Crippen molar-refractivity contribution in [2.24, 2.45) is 11.7 Å². The summed E-state index contributed by atoms with van der Waals surface area (Å²) in [7, 11) is 0. The van der Waals surface area contributed by atoms with Gasteiger partial charge in [0.25, 0.3) is 5.91 Å². The summed E-state index contributed by atoms with van der Waals surface area (Å²) in [4.78, 5) is 14.5. The molecule has 0 saturated carbocycles. The van der Waals surface area contributed by atoms with Crippen LogP contribution in [0.3, 0.4) is 0 Å². The molecule has 0 spiro atoms. The Morgan fingerprint density at radius 2 is 1.96 bits per heavy atom. The largest absolute Gasteiger partial charge is 0.404 e. The molecule has 0 radical (unpaired) electrons. The highest BCUT2D eigenvalue weighted by Crippen LogP contribution is 2.23. The van der Waals surface area contributed by atoms with Crippen LogP contribution in [0.2, 0.25) is 0 Å². The van der Waals surface area contributed by atoms with E-state index < -0.39 is 0 Å². The molecular formula is C22H25N5O. The van der Waals surface area contributed by atoms with Crippen molar-refractivity contribution in [3.8, 4) is 0 Å². The van der Waals surface area contributed by atoms with Gasteiger partial charge in [-0.1, -0.05) is 24.3 Å². The molecule has 6 heteroatoms. The second-order valence-corrected chi connectivity index (χ2v) is 6.87. The zero-order chi connectivity index (χ0) is 19.9. The van der Waals surface area contributed by atoms with E-state index in [1.807, 2.05) is 53.4 Å². The average molecular weight is 375 g/mol. The van der Waals surface area contributed by atoms with Crippen molar-refractivity contribution in [1.29, 1.82) is 10.8 Å². The van der Waals surface area contributed by atoms with Gasteiger partial charge in [-0.25, -0.2) is 0 Å². The van der Waals surface area contributed by atoms with E-state index in [0.29, 0.717) is 11.5 Å². The third-order valence-corrected chi connectivity index (χ3v) is 5.05. The molecule has 28 heavy (non-hydrogen) atoms. The lowest BCUT2D eigenvalue weighted by atomic mass is 10.0. The maximum atomic E-state index is 12.6. The SMILES string of the molecule is N=C/C(=C\N)c1ccc(NCC2CCN(C(=O)c3ccccc3)C2)c(C=N)c1. The molecule has 1 atom stereocenters. The Bertz CT molecular complexity index is 891. The van der Waals surface area contributed by atoms with Crippen LogP contribution < -0.4 is 11.1 Å². The number of rotatable bonds is 7. The van der Waals surface area contributed by atoms with Gasteiger partial charge < -0.3 is 26.8 Å². The van der Waals surface area contributed by atoms with Crippen molar-refractivity contribution in [3.05, 3.63) is 71.4 Å². The van der Waals surface area contributed by atoms with E-state index in [-0.39, 0.29) is 5.91 Å². The highest BCUT2D eigenvalue weighted by molar-refractivity contribution is 6.08. The lowest BCUT2D eigenvalue weighted by Crippen LogP contribution is -2.29. The summed E-state index contributed by atoms with van der Waals surface area (Å²) >= 11 is 0. The van der Waals surface area contributed by atoms with Crippen LogP contribution in [0.1, 0.15) is 27.9 Å². The molecule has 0 aliphatic carbocycles. The normalized spacial score (nSPS) is 16.6. The van der Waals surface area contributed by atoms with Gasteiger partial charge >= 0.3 is 0 Å². The summed E-state index contributed by atoms with van der Waals surface area (Å²) in [6.45, 7) is 2.23. The summed E-state index contributed by atoms with van der Waals surface area (Å²) in [5.74, 6) is 0.451. The van der Waals surface area contributed by atoms with Crippen LogP contribution in [-0.2, 0) is 0 Å². The van der Waals surface area contributed by atoms with Crippen LogP contribution in [0.25, 0.3) is 5.57 Å². The molecule has 3 rings (SSSR count). The van der Waals surface area contributed by atoms with Gasteiger partial charge in [0, 0.05) is 60.7 Å². The maximum absolute atomic E-state index is 12.6. The molecular weight excluding hydrogens is 350 g/mol. The average Bonchev–Trinajstić information content (AvgIpc) is 3.22. The molecule has 1 heterocycles. The Labute approximate surface area is 165 Å². The highest BCUT2D eigenvalue weighted by atomic mass is 16.2. The highest BCUT2D eigenvalue weighted by Gasteiger charge is 2.26. The standard InChI is InChI=1S/C22H25N5O/c23-11-19-10-18(20(12-24)13-25)6-7-21(19)26-14-16-8-9-27(15-16)22(28)17-4-2-1-3-5-17/h1-7,10-13,16,23-24,26H,8-9,14-15,25H2/b20-13+,23-11?,24-12?. The van der Waals surface area contributed by atoms with Crippen molar-refractivity contribution < 1.29 is 4.79 Å². The summed E-state index contributed by atoms with van der Waals surface area (Å²) in [5.41, 5.74) is 9.31. The summed E-state index contributed by atoms with van der Waals surface area (Å²) < 4.78 is 0. The molecule has 0 aromatic heterocycles. The van der Waals surface area contributed by atoms with Crippen LogP contribution >= 0.6 is 0 Å². The molecule has 1 amide bonds. The van der Waals surface area contributed by atoms with Crippen molar-refractivity contribution in [2.75, 3.05) is 25.0 Å². The van der Waals surface area contributed by atoms with Crippen molar-refractivity contribution in [2.45, 2.75) is 6.42 Å². The van der Waals surface area contributed by atoms with Gasteiger partial charge in [0.1, 0.15) is 0 Å². The second kappa shape index (κ2) is 8.99. The molecule has 2 aromatic rings. The zero-order valence-electron chi connectivity index (χ0n) is 15.7. The molecule has 144 valence electrons. The van der Waals surface area contributed by atoms with Crippen LogP contribution in [0.15, 0.2) is 54.7 Å². The minimum atomic E-state index is 0.0837. The fourth-order valence-corrected chi connectivity index (χ4v) is 3.45. The van der Waals surface area contributed by atoms with E-state index in [1.165, 1.54) is 18.6 Å². The summed E-state index contributed by atoms with van der Waals surface area (Å²) in [5, 5.41) is 18.5. The number of nitrogens with zero attached hydrogens (tertiary/aromatic N) is 1. The van der Waals surface area contributed by atoms with E-state index >= 15 is 0 Å². The number of carbonyl (C=O) groups excluding carboxylic acids is 1. The Kier molecular flexibility index (Phi) is 6.22. The van der Waals surface area contributed by atoms with E-state index in [1.54, 1.807) is 0 Å². The van der Waals surface area contributed by atoms with Gasteiger partial charge in [-0.3, -0.25) is 4.79 Å². The first-order valence-corrected chi connectivity index (χ1v) is 9.31. The van der Waals surface area contributed by atoms with Gasteiger partial charge in [0.05, 0.1) is 0 Å². The molecule has 5 N–H and O–H groups in total. The number of amides is 1. The molecule has 2 aromatic carbocycles. The second-order valence-electron chi connectivity index (χ2n) is 6.87. The van der Waals surface area contributed by atoms with Gasteiger partial charge in [-0.2, -0.15) is 0 Å². The van der Waals surface area contributed by atoms with E-state index in [2.05, 4.69) is 5.32 Å². The number of benzene rings is 2. The molecule has 1 aliphatic heterocycles. The molecule has 1 unspecified atom stereocenters. The first kappa shape index (κ1) is 19.4. The Morgan fingerprint density at radius 3 is 2.64 bits per heavy atom. The molecule has 1 aliphatic rings.